The number of aryl methyl sites for hydroxylation is 2. The van der Waals surface area contributed by atoms with Gasteiger partial charge in [0.25, 0.3) is 5.91 Å². The van der Waals surface area contributed by atoms with Gasteiger partial charge in [0.15, 0.2) is 0 Å². The molecule has 1 amide bonds. The number of rotatable bonds is 8. The lowest BCUT2D eigenvalue weighted by Gasteiger charge is -2.11. The number of fused-ring (bicyclic) bond motifs is 1. The molecule has 9 heteroatoms. The summed E-state index contributed by atoms with van der Waals surface area (Å²) in [4.78, 5) is 25.0. The first-order valence-electron chi connectivity index (χ1n) is 11.4. The molecule has 4 rings (SSSR count). The van der Waals surface area contributed by atoms with Gasteiger partial charge in [-0.2, -0.15) is 5.10 Å². The van der Waals surface area contributed by atoms with Gasteiger partial charge in [0, 0.05) is 5.56 Å². The van der Waals surface area contributed by atoms with Gasteiger partial charge in [0.05, 0.1) is 23.2 Å². The highest BCUT2D eigenvalue weighted by Gasteiger charge is 2.16. The molecule has 0 atom stereocenters. The number of nitrogens with zero attached hydrogens (tertiary/aromatic N) is 1. The quantitative estimate of drug-likeness (QED) is 0.159. The van der Waals surface area contributed by atoms with Crippen LogP contribution < -0.4 is 14.9 Å². The fraction of sp³-hybridized carbons (Fsp3) is 0.107. The standard InChI is InChI=1S/C28H25N3O5S/c1-19-7-11-22(12-8-19)28(33)36-26-16-13-21-5-3-4-6-24(21)25(26)17-29-31-27(32)18-30-37(34,35)23-14-9-20(2)10-15-23/h3-17,30H,18H2,1-2H3,(H,31,32)/b29-17+. The number of amides is 1. The SMILES string of the molecule is Cc1ccc(C(=O)Oc2ccc3ccccc3c2/C=N/NC(=O)CNS(=O)(=O)c2ccc(C)cc2)cc1. The molecule has 4 aromatic carbocycles. The molecular weight excluding hydrogens is 490 g/mol. The summed E-state index contributed by atoms with van der Waals surface area (Å²) < 4.78 is 32.7. The Balaban J connectivity index is 1.48. The van der Waals surface area contributed by atoms with Crippen molar-refractivity contribution in [2.24, 2.45) is 5.10 Å². The molecule has 0 unspecified atom stereocenters. The lowest BCUT2D eigenvalue weighted by molar-refractivity contribution is -0.119. The van der Waals surface area contributed by atoms with E-state index in [-0.39, 0.29) is 10.6 Å². The number of hydrogen-bond acceptors (Lipinski definition) is 6. The molecule has 0 aliphatic heterocycles. The number of carbonyl (C=O) groups excluding carboxylic acids is 2. The van der Waals surface area contributed by atoms with Gasteiger partial charge in [-0.3, -0.25) is 4.79 Å². The zero-order valence-electron chi connectivity index (χ0n) is 20.3. The van der Waals surface area contributed by atoms with Crippen LogP contribution in [-0.2, 0) is 14.8 Å². The molecule has 0 aliphatic carbocycles. The number of esters is 1. The molecule has 0 saturated carbocycles. The molecule has 0 radical (unpaired) electrons. The molecule has 8 nitrogen and oxygen atoms in total. The number of hydrazone groups is 1. The van der Waals surface area contributed by atoms with Crippen molar-refractivity contribution in [3.8, 4) is 5.75 Å². The second-order valence-electron chi connectivity index (χ2n) is 8.38. The van der Waals surface area contributed by atoms with E-state index < -0.39 is 28.4 Å². The van der Waals surface area contributed by atoms with E-state index in [0.29, 0.717) is 11.1 Å². The average molecular weight is 516 g/mol. The van der Waals surface area contributed by atoms with Gasteiger partial charge in [0.1, 0.15) is 5.75 Å². The minimum absolute atomic E-state index is 0.0604. The number of ether oxygens (including phenoxy) is 1. The van der Waals surface area contributed by atoms with Gasteiger partial charge in [-0.15, -0.1) is 0 Å². The summed E-state index contributed by atoms with van der Waals surface area (Å²) in [6, 6.07) is 24.2. The smallest absolute Gasteiger partial charge is 0.343 e. The summed E-state index contributed by atoms with van der Waals surface area (Å²) in [5.74, 6) is -0.924. The molecule has 188 valence electrons. The highest BCUT2D eigenvalue weighted by molar-refractivity contribution is 7.89. The fourth-order valence-corrected chi connectivity index (χ4v) is 4.50. The summed E-state index contributed by atoms with van der Waals surface area (Å²) >= 11 is 0. The Kier molecular flexibility index (Phi) is 7.76. The van der Waals surface area contributed by atoms with Crippen molar-refractivity contribution in [2.45, 2.75) is 18.7 Å². The van der Waals surface area contributed by atoms with Crippen molar-refractivity contribution in [1.82, 2.24) is 10.1 Å². The van der Waals surface area contributed by atoms with E-state index in [2.05, 4.69) is 15.2 Å². The van der Waals surface area contributed by atoms with E-state index in [4.69, 9.17) is 4.74 Å². The third kappa shape index (κ3) is 6.46. The fourth-order valence-electron chi connectivity index (χ4n) is 3.52. The van der Waals surface area contributed by atoms with Crippen LogP contribution in [0.3, 0.4) is 0 Å². The topological polar surface area (TPSA) is 114 Å². The van der Waals surface area contributed by atoms with Crippen LogP contribution in [0.15, 0.2) is 94.9 Å². The van der Waals surface area contributed by atoms with E-state index >= 15 is 0 Å². The average Bonchev–Trinajstić information content (AvgIpc) is 2.89. The van der Waals surface area contributed by atoms with Crippen LogP contribution >= 0.6 is 0 Å². The minimum atomic E-state index is -3.85. The molecule has 0 spiro atoms. The highest BCUT2D eigenvalue weighted by atomic mass is 32.2. The van der Waals surface area contributed by atoms with Gasteiger partial charge < -0.3 is 4.74 Å². The van der Waals surface area contributed by atoms with Crippen molar-refractivity contribution in [1.29, 1.82) is 0 Å². The Morgan fingerprint density at radius 3 is 2.22 bits per heavy atom. The van der Waals surface area contributed by atoms with Crippen LogP contribution in [0.25, 0.3) is 10.8 Å². The van der Waals surface area contributed by atoms with Crippen molar-refractivity contribution >= 4 is 38.9 Å². The minimum Gasteiger partial charge on any atom is -0.422 e. The van der Waals surface area contributed by atoms with Gasteiger partial charge >= 0.3 is 5.97 Å². The predicted molar refractivity (Wildman–Crippen MR) is 142 cm³/mol. The zero-order valence-corrected chi connectivity index (χ0v) is 21.1. The maximum atomic E-state index is 12.7. The Morgan fingerprint density at radius 2 is 1.51 bits per heavy atom. The Hall–Kier alpha value is -4.34. The first kappa shape index (κ1) is 25.7. The number of carbonyl (C=O) groups is 2. The molecule has 2 N–H and O–H groups in total. The van der Waals surface area contributed by atoms with Crippen LogP contribution in [0.4, 0.5) is 0 Å². The van der Waals surface area contributed by atoms with E-state index in [9.17, 15) is 18.0 Å². The summed E-state index contributed by atoms with van der Waals surface area (Å²) in [6.45, 7) is 3.27. The third-order valence-electron chi connectivity index (χ3n) is 5.56. The Labute approximate surface area is 215 Å². The largest absolute Gasteiger partial charge is 0.422 e. The normalized spacial score (nSPS) is 11.5. The van der Waals surface area contributed by atoms with E-state index in [1.807, 2.05) is 56.3 Å². The molecule has 0 aromatic heterocycles. The first-order valence-corrected chi connectivity index (χ1v) is 12.9. The molecule has 0 fully saturated rings. The lowest BCUT2D eigenvalue weighted by atomic mass is 10.0. The summed E-state index contributed by atoms with van der Waals surface area (Å²) in [6.07, 6.45) is 1.37. The highest BCUT2D eigenvalue weighted by Crippen LogP contribution is 2.27. The van der Waals surface area contributed by atoms with Gasteiger partial charge in [-0.25, -0.2) is 23.4 Å². The zero-order chi connectivity index (χ0) is 26.4. The van der Waals surface area contributed by atoms with Crippen molar-refractivity contribution in [3.05, 3.63) is 107 Å². The molecule has 0 aliphatic rings. The molecule has 0 saturated heterocycles. The predicted octanol–water partition coefficient (Wildman–Crippen LogP) is 4.10. The van der Waals surface area contributed by atoms with Crippen LogP contribution in [0.2, 0.25) is 0 Å². The number of nitrogens with one attached hydrogen (secondary N) is 2. The number of sulfonamides is 1. The van der Waals surface area contributed by atoms with Gasteiger partial charge in [0.2, 0.25) is 10.0 Å². The summed E-state index contributed by atoms with van der Waals surface area (Å²) in [5, 5.41) is 5.62. The molecule has 37 heavy (non-hydrogen) atoms. The summed E-state index contributed by atoms with van der Waals surface area (Å²) in [7, 11) is -3.85. The molecule has 4 aromatic rings. The number of hydrogen-bond donors (Lipinski definition) is 2. The van der Waals surface area contributed by atoms with Crippen LogP contribution in [0, 0.1) is 13.8 Å². The Morgan fingerprint density at radius 1 is 0.865 bits per heavy atom. The molecule has 0 heterocycles. The Bertz CT molecular complexity index is 1580. The second-order valence-corrected chi connectivity index (χ2v) is 10.2. The van der Waals surface area contributed by atoms with Crippen molar-refractivity contribution in [3.63, 3.8) is 0 Å². The van der Waals surface area contributed by atoms with E-state index in [1.165, 1.54) is 18.3 Å². The van der Waals surface area contributed by atoms with E-state index in [0.717, 1.165) is 21.9 Å². The molecule has 0 bridgehead atoms. The number of benzene rings is 4. The van der Waals surface area contributed by atoms with E-state index in [1.54, 1.807) is 30.3 Å². The maximum absolute atomic E-state index is 12.7. The molecular formula is C28H25N3O5S. The van der Waals surface area contributed by atoms with Crippen LogP contribution in [0.1, 0.15) is 27.0 Å². The summed E-state index contributed by atoms with van der Waals surface area (Å²) in [5.41, 5.74) is 5.13. The maximum Gasteiger partial charge on any atom is 0.343 e. The van der Waals surface area contributed by atoms with Crippen molar-refractivity contribution < 1.29 is 22.7 Å². The van der Waals surface area contributed by atoms with Crippen molar-refractivity contribution in [2.75, 3.05) is 6.54 Å². The van der Waals surface area contributed by atoms with Gasteiger partial charge in [-0.1, -0.05) is 65.7 Å². The monoisotopic (exact) mass is 515 g/mol. The van der Waals surface area contributed by atoms with Crippen LogP contribution in [-0.4, -0.2) is 33.1 Å². The second kappa shape index (κ2) is 11.2. The lowest BCUT2D eigenvalue weighted by Crippen LogP contribution is -2.34. The van der Waals surface area contributed by atoms with Crippen LogP contribution in [0.5, 0.6) is 5.75 Å². The third-order valence-corrected chi connectivity index (χ3v) is 6.97. The van der Waals surface area contributed by atoms with Gasteiger partial charge in [-0.05, 0) is 55.0 Å². The first-order chi connectivity index (χ1) is 17.7.